The molecule has 2 aliphatic heterocycles. The summed E-state index contributed by atoms with van der Waals surface area (Å²) in [5, 5.41) is 0. The van der Waals surface area contributed by atoms with Gasteiger partial charge in [-0.1, -0.05) is 19.8 Å². The van der Waals surface area contributed by atoms with E-state index in [2.05, 4.69) is 16.7 Å². The summed E-state index contributed by atoms with van der Waals surface area (Å²) in [6, 6.07) is 0.829. The van der Waals surface area contributed by atoms with Crippen molar-refractivity contribution in [3.63, 3.8) is 0 Å². The van der Waals surface area contributed by atoms with Gasteiger partial charge in [0.1, 0.15) is 0 Å². The quantitative estimate of drug-likeness (QED) is 0.775. The van der Waals surface area contributed by atoms with E-state index in [1.807, 2.05) is 0 Å². The molecule has 3 nitrogen and oxygen atoms in total. The van der Waals surface area contributed by atoms with Gasteiger partial charge in [-0.2, -0.15) is 0 Å². The van der Waals surface area contributed by atoms with Gasteiger partial charge in [0.25, 0.3) is 0 Å². The minimum atomic E-state index is 0.540. The molecule has 3 rings (SSSR count). The summed E-state index contributed by atoms with van der Waals surface area (Å²) in [4.78, 5) is 5.39. The number of ether oxygens (including phenoxy) is 1. The minimum Gasteiger partial charge on any atom is -0.377 e. The third-order valence-electron chi connectivity index (χ3n) is 5.91. The molecule has 0 bridgehead atoms. The van der Waals surface area contributed by atoms with Crippen molar-refractivity contribution in [1.82, 2.24) is 9.80 Å². The lowest BCUT2D eigenvalue weighted by Crippen LogP contribution is -2.47. The lowest BCUT2D eigenvalue weighted by Gasteiger charge is -2.38. The summed E-state index contributed by atoms with van der Waals surface area (Å²) in [6.07, 6.45) is 11.6. The first-order chi connectivity index (χ1) is 10.3. The van der Waals surface area contributed by atoms with Gasteiger partial charge in [0.2, 0.25) is 0 Å². The molecule has 0 radical (unpaired) electrons. The smallest absolute Gasteiger partial charge is 0.0601 e. The van der Waals surface area contributed by atoms with Crippen molar-refractivity contribution in [2.75, 3.05) is 39.3 Å². The summed E-state index contributed by atoms with van der Waals surface area (Å²) < 4.78 is 6.20. The van der Waals surface area contributed by atoms with E-state index in [1.165, 1.54) is 77.5 Å². The molecule has 2 heterocycles. The number of piperidine rings is 1. The van der Waals surface area contributed by atoms with Crippen LogP contribution in [0.4, 0.5) is 0 Å². The average molecular weight is 294 g/mol. The van der Waals surface area contributed by atoms with Crippen molar-refractivity contribution < 1.29 is 4.74 Å². The van der Waals surface area contributed by atoms with Gasteiger partial charge in [0, 0.05) is 19.1 Å². The zero-order valence-corrected chi connectivity index (χ0v) is 13.9. The van der Waals surface area contributed by atoms with E-state index in [-0.39, 0.29) is 0 Å². The van der Waals surface area contributed by atoms with Crippen molar-refractivity contribution in [1.29, 1.82) is 0 Å². The molecule has 1 aliphatic carbocycles. The first-order valence-electron chi connectivity index (χ1n) is 9.41. The van der Waals surface area contributed by atoms with Crippen molar-refractivity contribution in [3.05, 3.63) is 0 Å². The first-order valence-corrected chi connectivity index (χ1v) is 9.41. The minimum absolute atomic E-state index is 0.540. The van der Waals surface area contributed by atoms with Crippen LogP contribution in [0.5, 0.6) is 0 Å². The molecular weight excluding hydrogens is 260 g/mol. The molecular formula is C18H34N2O. The largest absolute Gasteiger partial charge is 0.377 e. The van der Waals surface area contributed by atoms with Crippen LogP contribution in [0.3, 0.4) is 0 Å². The Bertz CT molecular complexity index is 304. The van der Waals surface area contributed by atoms with Crippen LogP contribution in [-0.2, 0) is 4.74 Å². The fraction of sp³-hybridized carbons (Fsp3) is 1.00. The summed E-state index contributed by atoms with van der Waals surface area (Å²) in [7, 11) is 0. The van der Waals surface area contributed by atoms with Crippen molar-refractivity contribution in [3.8, 4) is 0 Å². The second kappa shape index (κ2) is 7.94. The summed E-state index contributed by atoms with van der Waals surface area (Å²) >= 11 is 0. The van der Waals surface area contributed by atoms with E-state index in [1.54, 1.807) is 0 Å². The van der Waals surface area contributed by atoms with Crippen LogP contribution in [0.2, 0.25) is 0 Å². The third kappa shape index (κ3) is 4.43. The number of nitrogens with zero attached hydrogens (tertiary/aromatic N) is 2. The van der Waals surface area contributed by atoms with Crippen molar-refractivity contribution in [2.45, 2.75) is 70.4 Å². The molecule has 122 valence electrons. The molecule has 0 N–H and O–H groups in total. The van der Waals surface area contributed by atoms with Gasteiger partial charge in [0.05, 0.1) is 12.7 Å². The molecule has 0 spiro atoms. The van der Waals surface area contributed by atoms with Crippen LogP contribution < -0.4 is 0 Å². The van der Waals surface area contributed by atoms with E-state index in [4.69, 9.17) is 4.74 Å². The van der Waals surface area contributed by atoms with Gasteiger partial charge in [0.15, 0.2) is 0 Å². The normalized spacial score (nSPS) is 36.1. The highest BCUT2D eigenvalue weighted by molar-refractivity contribution is 4.83. The third-order valence-corrected chi connectivity index (χ3v) is 5.91. The van der Waals surface area contributed by atoms with Gasteiger partial charge in [-0.25, -0.2) is 0 Å². The van der Waals surface area contributed by atoms with Gasteiger partial charge in [-0.3, -0.25) is 9.80 Å². The van der Waals surface area contributed by atoms with Crippen molar-refractivity contribution >= 4 is 0 Å². The lowest BCUT2D eigenvalue weighted by atomic mass is 9.88. The monoisotopic (exact) mass is 294 g/mol. The molecule has 3 unspecified atom stereocenters. The first kappa shape index (κ1) is 15.8. The summed E-state index contributed by atoms with van der Waals surface area (Å²) in [5.74, 6) is 0.775. The van der Waals surface area contributed by atoms with Crippen LogP contribution in [0.1, 0.15) is 58.3 Å². The molecule has 2 saturated heterocycles. The molecule has 21 heavy (non-hydrogen) atoms. The van der Waals surface area contributed by atoms with E-state index < -0.39 is 0 Å². The fourth-order valence-corrected chi connectivity index (χ4v) is 4.50. The van der Waals surface area contributed by atoms with Gasteiger partial charge in [-0.05, 0) is 64.1 Å². The van der Waals surface area contributed by atoms with Crippen LogP contribution >= 0.6 is 0 Å². The Balaban J connectivity index is 1.36. The van der Waals surface area contributed by atoms with Gasteiger partial charge >= 0.3 is 0 Å². The maximum atomic E-state index is 6.20. The molecule has 3 aliphatic rings. The second-order valence-electron chi connectivity index (χ2n) is 7.51. The van der Waals surface area contributed by atoms with Crippen LogP contribution in [0, 0.1) is 5.92 Å². The molecule has 3 heteroatoms. The molecule has 3 fully saturated rings. The standard InChI is InChI=1S/C18H34N2O/c1-16-7-2-3-9-18(16)21-14-13-19-10-6-8-17(15-19)20-11-4-5-12-20/h16-18H,2-15H2,1H3. The SMILES string of the molecule is CC1CCCCC1OCCN1CCCC(N2CCCC2)C1. The Labute approximate surface area is 131 Å². The topological polar surface area (TPSA) is 15.7 Å². The fourth-order valence-electron chi connectivity index (χ4n) is 4.50. The van der Waals surface area contributed by atoms with E-state index >= 15 is 0 Å². The lowest BCUT2D eigenvalue weighted by molar-refractivity contribution is -0.0188. The van der Waals surface area contributed by atoms with Crippen molar-refractivity contribution in [2.24, 2.45) is 5.92 Å². The number of hydrogen-bond acceptors (Lipinski definition) is 3. The highest BCUT2D eigenvalue weighted by atomic mass is 16.5. The van der Waals surface area contributed by atoms with Crippen LogP contribution in [0.15, 0.2) is 0 Å². The molecule has 0 amide bonds. The maximum absolute atomic E-state index is 6.20. The van der Waals surface area contributed by atoms with Crippen LogP contribution in [0.25, 0.3) is 0 Å². The highest BCUT2D eigenvalue weighted by Gasteiger charge is 2.27. The zero-order chi connectivity index (χ0) is 14.5. The maximum Gasteiger partial charge on any atom is 0.0601 e. The predicted molar refractivity (Wildman–Crippen MR) is 87.6 cm³/mol. The Morgan fingerprint density at radius 2 is 1.71 bits per heavy atom. The number of hydrogen-bond donors (Lipinski definition) is 0. The molecule has 0 aromatic heterocycles. The Morgan fingerprint density at radius 3 is 2.52 bits per heavy atom. The Hall–Kier alpha value is -0.120. The molecule has 0 aromatic carbocycles. The zero-order valence-electron chi connectivity index (χ0n) is 13.9. The van der Waals surface area contributed by atoms with E-state index in [0.29, 0.717) is 6.10 Å². The Kier molecular flexibility index (Phi) is 5.96. The highest BCUT2D eigenvalue weighted by Crippen LogP contribution is 2.26. The average Bonchev–Trinajstić information content (AvgIpc) is 3.04. The van der Waals surface area contributed by atoms with Crippen LogP contribution in [-0.4, -0.2) is 61.3 Å². The summed E-state index contributed by atoms with van der Waals surface area (Å²) in [5.41, 5.74) is 0. The predicted octanol–water partition coefficient (Wildman–Crippen LogP) is 3.14. The second-order valence-corrected chi connectivity index (χ2v) is 7.51. The molecule has 0 aromatic rings. The summed E-state index contributed by atoms with van der Waals surface area (Å²) in [6.45, 7) is 9.71. The van der Waals surface area contributed by atoms with E-state index in [0.717, 1.165) is 25.1 Å². The van der Waals surface area contributed by atoms with E-state index in [9.17, 15) is 0 Å². The molecule has 1 saturated carbocycles. The van der Waals surface area contributed by atoms with Gasteiger partial charge in [-0.15, -0.1) is 0 Å². The number of likely N-dealkylation sites (tertiary alicyclic amines) is 2. The van der Waals surface area contributed by atoms with Gasteiger partial charge < -0.3 is 4.74 Å². The number of rotatable bonds is 5. The molecule has 3 atom stereocenters. The Morgan fingerprint density at radius 1 is 0.905 bits per heavy atom.